The van der Waals surface area contributed by atoms with Crippen LogP contribution in [0, 0.1) is 18.6 Å². The number of pyridine rings is 1. The monoisotopic (exact) mass is 491 g/mol. The van der Waals surface area contributed by atoms with Crippen molar-refractivity contribution in [2.45, 2.75) is 26.3 Å². The van der Waals surface area contributed by atoms with Gasteiger partial charge in [-0.15, -0.1) is 11.3 Å². The van der Waals surface area contributed by atoms with E-state index in [9.17, 15) is 28.3 Å². The number of esters is 1. The maximum atomic E-state index is 14.2. The molecule has 2 aromatic heterocycles. The average Bonchev–Trinajstić information content (AvgIpc) is 3.25. The van der Waals surface area contributed by atoms with E-state index in [4.69, 9.17) is 4.74 Å². The van der Waals surface area contributed by atoms with Crippen molar-refractivity contribution in [1.82, 2.24) is 9.88 Å². The summed E-state index contributed by atoms with van der Waals surface area (Å²) in [6.07, 6.45) is -0.231. The van der Waals surface area contributed by atoms with Gasteiger partial charge in [0.2, 0.25) is 0 Å². The van der Waals surface area contributed by atoms with Gasteiger partial charge < -0.3 is 25.0 Å². The van der Waals surface area contributed by atoms with Gasteiger partial charge in [0.25, 0.3) is 5.56 Å². The van der Waals surface area contributed by atoms with Crippen LogP contribution in [-0.4, -0.2) is 28.3 Å². The van der Waals surface area contributed by atoms with E-state index in [2.05, 4.69) is 10.6 Å². The second-order valence-electron chi connectivity index (χ2n) is 7.43. The normalized spacial score (nSPS) is 11.7. The second-order valence-corrected chi connectivity index (χ2v) is 8.38. The number of carbonyl (C=O) groups excluding carboxylic acids is 2. The van der Waals surface area contributed by atoms with Gasteiger partial charge in [0.05, 0.1) is 19.1 Å². The van der Waals surface area contributed by atoms with Crippen molar-refractivity contribution in [3.8, 4) is 16.9 Å². The van der Waals surface area contributed by atoms with Crippen LogP contribution < -0.4 is 16.2 Å². The quantitative estimate of drug-likeness (QED) is 0.429. The summed E-state index contributed by atoms with van der Waals surface area (Å²) in [7, 11) is 1.49. The highest BCUT2D eigenvalue weighted by atomic mass is 32.1. The molecule has 180 valence electrons. The number of halogens is 2. The van der Waals surface area contributed by atoms with Crippen molar-refractivity contribution in [2.24, 2.45) is 7.05 Å². The lowest BCUT2D eigenvalue weighted by Crippen LogP contribution is -2.36. The fourth-order valence-electron chi connectivity index (χ4n) is 3.24. The van der Waals surface area contributed by atoms with Crippen LogP contribution in [0.5, 0.6) is 5.75 Å². The molecule has 0 radical (unpaired) electrons. The second kappa shape index (κ2) is 10.5. The number of anilines is 1. The molecule has 1 aromatic carbocycles. The highest BCUT2D eigenvalue weighted by molar-refractivity contribution is 7.10. The molecule has 34 heavy (non-hydrogen) atoms. The van der Waals surface area contributed by atoms with Crippen LogP contribution in [0.4, 0.5) is 19.3 Å². The van der Waals surface area contributed by atoms with Crippen molar-refractivity contribution < 1.29 is 28.2 Å². The standard InChI is InChI=1S/C23H23F2N3O5S/c1-4-33-20(30)10-17(19-8-13(11-34-19)15-6-5-14(24)9-16(15)25)26-23(32)27-21-18(29)7-12(2)28(3)22(21)31/h5-9,11,17,29H,4,10H2,1-3H3,(H2,26,27,32)/t17-/m0/s1. The number of aromatic nitrogens is 1. The number of hydrogen-bond donors (Lipinski definition) is 3. The molecule has 8 nitrogen and oxygen atoms in total. The molecule has 0 unspecified atom stereocenters. The molecule has 2 amide bonds. The van der Waals surface area contributed by atoms with Gasteiger partial charge in [-0.3, -0.25) is 9.59 Å². The van der Waals surface area contributed by atoms with Gasteiger partial charge in [-0.1, -0.05) is 0 Å². The highest BCUT2D eigenvalue weighted by Gasteiger charge is 2.23. The summed E-state index contributed by atoms with van der Waals surface area (Å²) in [6, 6.07) is 4.39. The summed E-state index contributed by atoms with van der Waals surface area (Å²) in [5, 5.41) is 16.6. The first-order valence-electron chi connectivity index (χ1n) is 10.3. The first-order chi connectivity index (χ1) is 16.1. The summed E-state index contributed by atoms with van der Waals surface area (Å²) < 4.78 is 33.7. The number of amides is 2. The Hall–Kier alpha value is -3.73. The van der Waals surface area contributed by atoms with E-state index < -0.39 is 41.0 Å². The molecule has 11 heteroatoms. The molecule has 0 spiro atoms. The Morgan fingerprint density at radius 1 is 1.24 bits per heavy atom. The van der Waals surface area contributed by atoms with Gasteiger partial charge in [0.1, 0.15) is 17.4 Å². The Bertz CT molecular complexity index is 1290. The number of urea groups is 1. The van der Waals surface area contributed by atoms with Gasteiger partial charge in [-0.05, 0) is 43.0 Å². The Labute approximate surface area is 197 Å². The number of aryl methyl sites for hydroxylation is 1. The van der Waals surface area contributed by atoms with Gasteiger partial charge in [0.15, 0.2) is 5.69 Å². The molecule has 0 aliphatic rings. The summed E-state index contributed by atoms with van der Waals surface area (Å²) in [5.74, 6) is -2.43. The topological polar surface area (TPSA) is 110 Å². The molecule has 0 fully saturated rings. The number of hydrogen-bond acceptors (Lipinski definition) is 6. The molecule has 1 atom stereocenters. The van der Waals surface area contributed by atoms with Crippen molar-refractivity contribution in [1.29, 1.82) is 0 Å². The first-order valence-corrected chi connectivity index (χ1v) is 11.1. The van der Waals surface area contributed by atoms with Crippen LogP contribution in [-0.2, 0) is 16.6 Å². The van der Waals surface area contributed by atoms with Crippen LogP contribution >= 0.6 is 11.3 Å². The third-order valence-electron chi connectivity index (χ3n) is 5.07. The van der Waals surface area contributed by atoms with E-state index in [1.54, 1.807) is 25.3 Å². The van der Waals surface area contributed by atoms with E-state index in [-0.39, 0.29) is 24.3 Å². The zero-order valence-corrected chi connectivity index (χ0v) is 19.5. The number of thiophene rings is 1. The lowest BCUT2D eigenvalue weighted by Gasteiger charge is -2.18. The minimum atomic E-state index is -0.877. The molecule has 0 saturated heterocycles. The summed E-state index contributed by atoms with van der Waals surface area (Å²) >= 11 is 1.16. The average molecular weight is 492 g/mol. The number of nitrogens with one attached hydrogen (secondary N) is 2. The Morgan fingerprint density at radius 3 is 2.65 bits per heavy atom. The molecular formula is C23H23F2N3O5S. The maximum Gasteiger partial charge on any atom is 0.320 e. The van der Waals surface area contributed by atoms with Gasteiger partial charge >= 0.3 is 12.0 Å². The van der Waals surface area contributed by atoms with Gasteiger partial charge in [-0.2, -0.15) is 0 Å². The minimum Gasteiger partial charge on any atom is -0.505 e. The van der Waals surface area contributed by atoms with Crippen LogP contribution in [0.3, 0.4) is 0 Å². The first kappa shape index (κ1) is 24.9. The fourth-order valence-corrected chi connectivity index (χ4v) is 4.20. The van der Waals surface area contributed by atoms with E-state index in [0.29, 0.717) is 16.1 Å². The Kier molecular flexibility index (Phi) is 7.67. The van der Waals surface area contributed by atoms with Crippen molar-refractivity contribution in [2.75, 3.05) is 11.9 Å². The van der Waals surface area contributed by atoms with Crippen LogP contribution in [0.15, 0.2) is 40.5 Å². The summed E-state index contributed by atoms with van der Waals surface area (Å²) in [6.45, 7) is 3.41. The molecule has 0 saturated carbocycles. The number of nitrogens with zero attached hydrogens (tertiary/aromatic N) is 1. The van der Waals surface area contributed by atoms with Crippen molar-refractivity contribution in [3.05, 3.63) is 68.3 Å². The van der Waals surface area contributed by atoms with Gasteiger partial charge in [-0.25, -0.2) is 13.6 Å². The van der Waals surface area contributed by atoms with E-state index in [1.165, 1.54) is 23.7 Å². The third kappa shape index (κ3) is 5.60. The van der Waals surface area contributed by atoms with Crippen LogP contribution in [0.2, 0.25) is 0 Å². The zero-order chi connectivity index (χ0) is 25.0. The smallest absolute Gasteiger partial charge is 0.320 e. The summed E-state index contributed by atoms with van der Waals surface area (Å²) in [5.41, 5.74) is 0.170. The third-order valence-corrected chi connectivity index (χ3v) is 6.12. The van der Waals surface area contributed by atoms with Crippen LogP contribution in [0.1, 0.15) is 30.0 Å². The number of aromatic hydroxyl groups is 1. The predicted octanol–water partition coefficient (Wildman–Crippen LogP) is 4.22. The molecule has 0 bridgehead atoms. The number of ether oxygens (including phenoxy) is 1. The molecule has 3 N–H and O–H groups in total. The zero-order valence-electron chi connectivity index (χ0n) is 18.6. The van der Waals surface area contributed by atoms with Gasteiger partial charge in [0, 0.05) is 35.3 Å². The highest BCUT2D eigenvalue weighted by Crippen LogP contribution is 2.32. The molecule has 3 aromatic rings. The lowest BCUT2D eigenvalue weighted by molar-refractivity contribution is -0.143. The molecule has 3 rings (SSSR count). The van der Waals surface area contributed by atoms with Crippen molar-refractivity contribution >= 4 is 29.0 Å². The molecule has 0 aliphatic carbocycles. The summed E-state index contributed by atoms with van der Waals surface area (Å²) in [4.78, 5) is 37.7. The molecular weight excluding hydrogens is 468 g/mol. The SMILES string of the molecule is CCOC(=O)C[C@H](NC(=O)Nc1c(O)cc(C)n(C)c1=O)c1cc(-c2ccc(F)cc2F)cs1. The Balaban J connectivity index is 1.87. The molecule has 2 heterocycles. The maximum absolute atomic E-state index is 14.2. The van der Waals surface area contributed by atoms with E-state index in [0.717, 1.165) is 23.5 Å². The van der Waals surface area contributed by atoms with E-state index >= 15 is 0 Å². The number of benzene rings is 1. The largest absolute Gasteiger partial charge is 0.505 e. The van der Waals surface area contributed by atoms with Crippen molar-refractivity contribution in [3.63, 3.8) is 0 Å². The fraction of sp³-hybridized carbons (Fsp3) is 0.261. The number of rotatable bonds is 7. The van der Waals surface area contributed by atoms with Crippen LogP contribution in [0.25, 0.3) is 11.1 Å². The Morgan fingerprint density at radius 2 is 1.97 bits per heavy atom. The lowest BCUT2D eigenvalue weighted by atomic mass is 10.1. The molecule has 0 aliphatic heterocycles. The minimum absolute atomic E-state index is 0.140. The predicted molar refractivity (Wildman–Crippen MR) is 124 cm³/mol. The van der Waals surface area contributed by atoms with E-state index in [1.807, 2.05) is 0 Å². The number of carbonyl (C=O) groups is 2.